The molecule has 1 aromatic rings. The summed E-state index contributed by atoms with van der Waals surface area (Å²) in [7, 11) is 0. The molecule has 0 bridgehead atoms. The summed E-state index contributed by atoms with van der Waals surface area (Å²) in [5.74, 6) is -0.0720. The lowest BCUT2D eigenvalue weighted by molar-refractivity contribution is -0.126. The van der Waals surface area contributed by atoms with Gasteiger partial charge in [0.15, 0.2) is 11.6 Å². The summed E-state index contributed by atoms with van der Waals surface area (Å²) in [5.41, 5.74) is 0. The lowest BCUT2D eigenvalue weighted by atomic mass is 9.96. The molecule has 2 aliphatic rings. The quantitative estimate of drug-likeness (QED) is 0.868. The zero-order valence-corrected chi connectivity index (χ0v) is 14.5. The van der Waals surface area contributed by atoms with Gasteiger partial charge in [0.2, 0.25) is 5.91 Å². The molecule has 1 amide bonds. The third kappa shape index (κ3) is 4.20. The molecule has 0 saturated carbocycles. The highest BCUT2D eigenvalue weighted by Crippen LogP contribution is 2.25. The minimum absolute atomic E-state index is 0.0686. The predicted octanol–water partition coefficient (Wildman–Crippen LogP) is 2.49. The molecule has 0 aromatic carbocycles. The maximum absolute atomic E-state index is 14.1. The van der Waals surface area contributed by atoms with Crippen molar-refractivity contribution in [3.63, 3.8) is 0 Å². The van der Waals surface area contributed by atoms with Crippen LogP contribution in [-0.2, 0) is 9.53 Å². The largest absolute Gasteiger partial charge is 0.381 e. The smallest absolute Gasteiger partial charge is 0.225 e. The highest BCUT2D eigenvalue weighted by molar-refractivity contribution is 9.10. The zero-order chi connectivity index (χ0) is 16.2. The first-order chi connectivity index (χ1) is 11.1. The molecule has 0 radical (unpaired) electrons. The Morgan fingerprint density at radius 3 is 2.91 bits per heavy atom. The second kappa shape index (κ2) is 7.57. The number of pyridine rings is 1. The van der Waals surface area contributed by atoms with Crippen LogP contribution in [0.2, 0.25) is 0 Å². The van der Waals surface area contributed by atoms with E-state index in [-0.39, 0.29) is 23.7 Å². The Bertz CT molecular complexity index is 566. The van der Waals surface area contributed by atoms with Gasteiger partial charge in [-0.1, -0.05) is 0 Å². The SMILES string of the molecule is O=C(NC1CCOCC1)C1CCCN(c2ncc(Br)cc2F)C1. The Kier molecular flexibility index (Phi) is 5.48. The van der Waals surface area contributed by atoms with Crippen LogP contribution in [0.1, 0.15) is 25.7 Å². The molecular formula is C16H21BrFN3O2. The average molecular weight is 386 g/mol. The van der Waals surface area contributed by atoms with Crippen LogP contribution >= 0.6 is 15.9 Å². The number of carbonyl (C=O) groups excluding carboxylic acids is 1. The minimum Gasteiger partial charge on any atom is -0.381 e. The molecule has 3 heterocycles. The first-order valence-electron chi connectivity index (χ1n) is 8.07. The average Bonchev–Trinajstić information content (AvgIpc) is 2.56. The molecule has 7 heteroatoms. The molecule has 5 nitrogen and oxygen atoms in total. The van der Waals surface area contributed by atoms with Crippen LogP contribution in [0.3, 0.4) is 0 Å². The van der Waals surface area contributed by atoms with Crippen molar-refractivity contribution in [2.45, 2.75) is 31.7 Å². The molecule has 2 saturated heterocycles. The number of hydrogen-bond acceptors (Lipinski definition) is 4. The second-order valence-electron chi connectivity index (χ2n) is 6.14. The van der Waals surface area contributed by atoms with Crippen LogP contribution < -0.4 is 10.2 Å². The summed E-state index contributed by atoms with van der Waals surface area (Å²) < 4.78 is 20.0. The van der Waals surface area contributed by atoms with Gasteiger partial charge in [0.1, 0.15) is 0 Å². The molecule has 1 aromatic heterocycles. The lowest BCUT2D eigenvalue weighted by Gasteiger charge is -2.34. The van der Waals surface area contributed by atoms with Gasteiger partial charge >= 0.3 is 0 Å². The predicted molar refractivity (Wildman–Crippen MR) is 88.8 cm³/mol. The molecule has 2 fully saturated rings. The summed E-state index contributed by atoms with van der Waals surface area (Å²) >= 11 is 3.22. The van der Waals surface area contributed by atoms with Crippen molar-refractivity contribution in [2.24, 2.45) is 5.92 Å². The van der Waals surface area contributed by atoms with E-state index in [1.807, 2.05) is 4.90 Å². The zero-order valence-electron chi connectivity index (χ0n) is 12.9. The summed E-state index contributed by atoms with van der Waals surface area (Å²) in [6, 6.07) is 1.61. The van der Waals surface area contributed by atoms with E-state index in [4.69, 9.17) is 4.74 Å². The Hall–Kier alpha value is -1.21. The molecule has 2 aliphatic heterocycles. The molecule has 1 atom stereocenters. The summed E-state index contributed by atoms with van der Waals surface area (Å²) in [6.45, 7) is 2.65. The second-order valence-corrected chi connectivity index (χ2v) is 7.06. The molecule has 1 N–H and O–H groups in total. The third-order valence-electron chi connectivity index (χ3n) is 4.45. The van der Waals surface area contributed by atoms with Gasteiger partial charge in [-0.15, -0.1) is 0 Å². The standard InChI is InChI=1S/C16H21BrFN3O2/c17-12-8-14(18)15(19-9-12)21-5-1-2-11(10-21)16(22)20-13-3-6-23-7-4-13/h8-9,11,13H,1-7,10H2,(H,20,22). The van der Waals surface area contributed by atoms with E-state index in [0.29, 0.717) is 30.0 Å². The number of halogens is 2. The molecule has 23 heavy (non-hydrogen) atoms. The number of carbonyl (C=O) groups is 1. The van der Waals surface area contributed by atoms with Gasteiger partial charge in [-0.05, 0) is 47.7 Å². The number of nitrogens with one attached hydrogen (secondary N) is 1. The van der Waals surface area contributed by atoms with Crippen molar-refractivity contribution < 1.29 is 13.9 Å². The van der Waals surface area contributed by atoms with Gasteiger partial charge in [-0.2, -0.15) is 0 Å². The Labute approximate surface area is 143 Å². The number of nitrogens with zero attached hydrogens (tertiary/aromatic N) is 2. The fourth-order valence-electron chi connectivity index (χ4n) is 3.18. The number of piperidine rings is 1. The molecule has 0 aliphatic carbocycles. The van der Waals surface area contributed by atoms with Gasteiger partial charge in [0.25, 0.3) is 0 Å². The maximum atomic E-state index is 14.1. The first-order valence-corrected chi connectivity index (χ1v) is 8.87. The van der Waals surface area contributed by atoms with Gasteiger partial charge < -0.3 is 15.0 Å². The highest BCUT2D eigenvalue weighted by Gasteiger charge is 2.29. The lowest BCUT2D eigenvalue weighted by Crippen LogP contribution is -2.47. The number of hydrogen-bond donors (Lipinski definition) is 1. The highest BCUT2D eigenvalue weighted by atomic mass is 79.9. The van der Waals surface area contributed by atoms with Crippen molar-refractivity contribution in [3.8, 4) is 0 Å². The summed E-state index contributed by atoms with van der Waals surface area (Å²) in [4.78, 5) is 18.5. The van der Waals surface area contributed by atoms with Crippen LogP contribution in [0.25, 0.3) is 0 Å². The van der Waals surface area contributed by atoms with Crippen LogP contribution in [-0.4, -0.2) is 43.2 Å². The number of anilines is 1. The van der Waals surface area contributed by atoms with Gasteiger partial charge in [-0.3, -0.25) is 4.79 Å². The van der Waals surface area contributed by atoms with Gasteiger partial charge in [-0.25, -0.2) is 9.37 Å². The van der Waals surface area contributed by atoms with Crippen molar-refractivity contribution in [1.29, 1.82) is 0 Å². The Morgan fingerprint density at radius 1 is 1.39 bits per heavy atom. The van der Waals surface area contributed by atoms with E-state index in [0.717, 1.165) is 32.2 Å². The molecule has 1 unspecified atom stereocenters. The Balaban J connectivity index is 1.62. The molecule has 0 spiro atoms. The van der Waals surface area contributed by atoms with E-state index < -0.39 is 0 Å². The Morgan fingerprint density at radius 2 is 2.17 bits per heavy atom. The van der Waals surface area contributed by atoms with Gasteiger partial charge in [0, 0.05) is 43.0 Å². The normalized spacial score (nSPS) is 22.9. The fourth-order valence-corrected chi connectivity index (χ4v) is 3.49. The van der Waals surface area contributed by atoms with Crippen LogP contribution in [0.5, 0.6) is 0 Å². The number of rotatable bonds is 3. The summed E-state index contributed by atoms with van der Waals surface area (Å²) in [5, 5.41) is 3.12. The van der Waals surface area contributed by atoms with Crippen LogP contribution in [0.15, 0.2) is 16.7 Å². The van der Waals surface area contributed by atoms with Crippen molar-refractivity contribution in [2.75, 3.05) is 31.2 Å². The number of aromatic nitrogens is 1. The van der Waals surface area contributed by atoms with E-state index in [1.54, 1.807) is 6.20 Å². The topological polar surface area (TPSA) is 54.5 Å². The fraction of sp³-hybridized carbons (Fsp3) is 0.625. The summed E-state index contributed by atoms with van der Waals surface area (Å²) in [6.07, 6.45) is 5.02. The van der Waals surface area contributed by atoms with Crippen LogP contribution in [0.4, 0.5) is 10.2 Å². The number of amides is 1. The number of ether oxygens (including phenoxy) is 1. The third-order valence-corrected chi connectivity index (χ3v) is 4.88. The van der Waals surface area contributed by atoms with E-state index in [2.05, 4.69) is 26.2 Å². The molecule has 3 rings (SSSR count). The van der Waals surface area contributed by atoms with E-state index in [1.165, 1.54) is 6.07 Å². The van der Waals surface area contributed by atoms with E-state index >= 15 is 0 Å². The van der Waals surface area contributed by atoms with E-state index in [9.17, 15) is 9.18 Å². The maximum Gasteiger partial charge on any atom is 0.225 e. The van der Waals surface area contributed by atoms with Crippen LogP contribution in [0, 0.1) is 11.7 Å². The van der Waals surface area contributed by atoms with Crippen molar-refractivity contribution in [1.82, 2.24) is 10.3 Å². The van der Waals surface area contributed by atoms with Crippen molar-refractivity contribution >= 4 is 27.7 Å². The van der Waals surface area contributed by atoms with Crippen molar-refractivity contribution in [3.05, 3.63) is 22.6 Å². The monoisotopic (exact) mass is 385 g/mol. The molecule has 126 valence electrons. The first kappa shape index (κ1) is 16.6. The molecular weight excluding hydrogens is 365 g/mol. The minimum atomic E-state index is -0.357. The van der Waals surface area contributed by atoms with Gasteiger partial charge in [0.05, 0.1) is 5.92 Å².